The number of tetrazole rings is 1. The van der Waals surface area contributed by atoms with Gasteiger partial charge < -0.3 is 5.11 Å². The summed E-state index contributed by atoms with van der Waals surface area (Å²) < 4.78 is 63.6. The molecule has 1 aliphatic carbocycles. The molecular formula is C25H26F4N8O2. The number of benzene rings is 1. The number of hydrogen-bond donors (Lipinski definition) is 1. The van der Waals surface area contributed by atoms with Crippen molar-refractivity contribution in [1.82, 2.24) is 39.5 Å². The fraction of sp³-hybridized carbons (Fsp3) is 0.440. The van der Waals surface area contributed by atoms with Gasteiger partial charge in [0.05, 0.1) is 24.5 Å². The lowest BCUT2D eigenvalue weighted by molar-refractivity contribution is -0.207. The van der Waals surface area contributed by atoms with Crippen molar-refractivity contribution in [3.63, 3.8) is 0 Å². The van der Waals surface area contributed by atoms with Gasteiger partial charge in [-0.15, -0.1) is 5.10 Å². The Morgan fingerprint density at radius 3 is 2.38 bits per heavy atom. The second-order valence-corrected chi connectivity index (χ2v) is 9.69. The summed E-state index contributed by atoms with van der Waals surface area (Å²) in [6, 6.07) is 4.02. The zero-order valence-corrected chi connectivity index (χ0v) is 20.8. The highest BCUT2D eigenvalue weighted by atomic mass is 19.3. The van der Waals surface area contributed by atoms with E-state index >= 15 is 8.78 Å². The third-order valence-corrected chi connectivity index (χ3v) is 7.14. The molecule has 3 aromatic heterocycles. The lowest BCUT2D eigenvalue weighted by Gasteiger charge is -2.35. The minimum Gasteiger partial charge on any atom is -0.377 e. The zero-order valence-electron chi connectivity index (χ0n) is 20.8. The Hall–Kier alpha value is -3.94. The van der Waals surface area contributed by atoms with E-state index in [0.717, 1.165) is 73.9 Å². The fourth-order valence-corrected chi connectivity index (χ4v) is 5.01. The molecule has 1 unspecified atom stereocenters. The van der Waals surface area contributed by atoms with Gasteiger partial charge in [-0.05, 0) is 47.5 Å². The molecular weight excluding hydrogens is 520 g/mol. The average molecular weight is 547 g/mol. The van der Waals surface area contributed by atoms with Crippen LogP contribution in [-0.4, -0.2) is 44.6 Å². The van der Waals surface area contributed by atoms with E-state index in [2.05, 4.69) is 25.6 Å². The summed E-state index contributed by atoms with van der Waals surface area (Å²) in [4.78, 5) is 16.9. The van der Waals surface area contributed by atoms with Crippen molar-refractivity contribution in [3.05, 3.63) is 82.6 Å². The van der Waals surface area contributed by atoms with Crippen LogP contribution in [0.2, 0.25) is 0 Å². The molecule has 3 heterocycles. The van der Waals surface area contributed by atoms with Gasteiger partial charge in [-0.25, -0.2) is 27.5 Å². The first-order valence-electron chi connectivity index (χ1n) is 12.6. The molecule has 206 valence electrons. The van der Waals surface area contributed by atoms with Gasteiger partial charge in [-0.2, -0.15) is 13.9 Å². The quantitative estimate of drug-likeness (QED) is 0.352. The second kappa shape index (κ2) is 10.7. The van der Waals surface area contributed by atoms with Crippen LogP contribution in [0, 0.1) is 11.6 Å². The summed E-state index contributed by atoms with van der Waals surface area (Å²) in [7, 11) is 0. The maximum Gasteiger partial charge on any atom is 0.350 e. The highest BCUT2D eigenvalue weighted by Crippen LogP contribution is 2.46. The number of halogens is 4. The summed E-state index contributed by atoms with van der Waals surface area (Å²) in [6.45, 7) is -0.966. The summed E-state index contributed by atoms with van der Waals surface area (Å²) in [5.41, 5.74) is -5.26. The average Bonchev–Trinajstić information content (AvgIpc) is 3.53. The van der Waals surface area contributed by atoms with Gasteiger partial charge in [0.1, 0.15) is 30.0 Å². The lowest BCUT2D eigenvalue weighted by atomic mass is 9.84. The van der Waals surface area contributed by atoms with E-state index < -0.39 is 46.6 Å². The highest BCUT2D eigenvalue weighted by molar-refractivity contribution is 5.34. The van der Waals surface area contributed by atoms with Crippen molar-refractivity contribution in [2.45, 2.75) is 69.1 Å². The third-order valence-electron chi connectivity index (χ3n) is 7.14. The SMILES string of the molecule is O=c1n(-c2ccc(C(F)(F)C(O)(Cn3cnnn3)c3ccc(F)cc3F)nc2)cnn1C1CCCCCCC1. The summed E-state index contributed by atoms with van der Waals surface area (Å²) >= 11 is 0. The number of aromatic nitrogens is 8. The van der Waals surface area contributed by atoms with Gasteiger partial charge in [0.25, 0.3) is 0 Å². The number of alkyl halides is 2. The maximum atomic E-state index is 16.0. The molecule has 10 nitrogen and oxygen atoms in total. The van der Waals surface area contributed by atoms with Gasteiger partial charge in [-0.1, -0.05) is 32.1 Å². The highest BCUT2D eigenvalue weighted by Gasteiger charge is 2.58. The Morgan fingerprint density at radius 1 is 1.00 bits per heavy atom. The van der Waals surface area contributed by atoms with Crippen LogP contribution in [0.25, 0.3) is 5.69 Å². The Kier molecular flexibility index (Phi) is 7.30. The standard InChI is InChI=1S/C25H26F4N8O2/c26-17-8-10-20(21(27)12-17)24(39,14-35-15-31-33-34-35)25(28,29)22-11-9-19(13-30-22)36-16-32-37(23(36)38)18-6-4-2-1-3-5-7-18/h8-13,15-16,18,39H,1-7,14H2. The van der Waals surface area contributed by atoms with Gasteiger partial charge in [0.15, 0.2) is 5.60 Å². The fourth-order valence-electron chi connectivity index (χ4n) is 5.01. The topological polar surface area (TPSA) is 117 Å². The predicted octanol–water partition coefficient (Wildman–Crippen LogP) is 3.66. The van der Waals surface area contributed by atoms with Gasteiger partial charge in [0.2, 0.25) is 0 Å². The number of aliphatic hydroxyl groups is 1. The normalized spacial score (nSPS) is 16.9. The molecule has 0 bridgehead atoms. The summed E-state index contributed by atoms with van der Waals surface area (Å²) in [5, 5.41) is 25.8. The van der Waals surface area contributed by atoms with Gasteiger partial charge >= 0.3 is 11.6 Å². The van der Waals surface area contributed by atoms with E-state index in [-0.39, 0.29) is 11.7 Å². The molecule has 1 aromatic carbocycles. The molecule has 14 heteroatoms. The Bertz CT molecular complexity index is 1460. The number of rotatable bonds is 7. The molecule has 0 amide bonds. The molecule has 1 saturated carbocycles. The van der Waals surface area contributed by atoms with Gasteiger partial charge in [0, 0.05) is 11.6 Å². The van der Waals surface area contributed by atoms with Crippen LogP contribution in [0.1, 0.15) is 62.2 Å². The number of pyridine rings is 1. The van der Waals surface area contributed by atoms with Crippen molar-refractivity contribution in [3.8, 4) is 5.69 Å². The molecule has 1 N–H and O–H groups in total. The van der Waals surface area contributed by atoms with E-state index in [4.69, 9.17) is 0 Å². The smallest absolute Gasteiger partial charge is 0.350 e. The van der Waals surface area contributed by atoms with Crippen LogP contribution in [0.3, 0.4) is 0 Å². The molecule has 4 aromatic rings. The molecule has 1 aliphatic rings. The van der Waals surface area contributed by atoms with Crippen LogP contribution < -0.4 is 5.69 Å². The monoisotopic (exact) mass is 546 g/mol. The Balaban J connectivity index is 1.48. The van der Waals surface area contributed by atoms with E-state index in [0.29, 0.717) is 6.07 Å². The summed E-state index contributed by atoms with van der Waals surface area (Å²) in [6.07, 6.45) is 10.4. The minimum atomic E-state index is -4.20. The van der Waals surface area contributed by atoms with Crippen LogP contribution in [0.4, 0.5) is 17.6 Å². The van der Waals surface area contributed by atoms with Crippen LogP contribution in [0.5, 0.6) is 0 Å². The van der Waals surface area contributed by atoms with E-state index in [1.807, 2.05) is 0 Å². The van der Waals surface area contributed by atoms with E-state index in [1.54, 1.807) is 0 Å². The van der Waals surface area contributed by atoms with Crippen LogP contribution in [-0.2, 0) is 18.1 Å². The van der Waals surface area contributed by atoms with Gasteiger partial charge in [-0.3, -0.25) is 4.98 Å². The predicted molar refractivity (Wildman–Crippen MR) is 129 cm³/mol. The minimum absolute atomic E-state index is 0.0393. The van der Waals surface area contributed by atoms with Crippen molar-refractivity contribution in [2.75, 3.05) is 0 Å². The van der Waals surface area contributed by atoms with Crippen molar-refractivity contribution in [1.29, 1.82) is 0 Å². The first kappa shape index (κ1) is 26.7. The summed E-state index contributed by atoms with van der Waals surface area (Å²) in [5.74, 6) is -6.59. The molecule has 0 radical (unpaired) electrons. The number of nitrogens with zero attached hydrogens (tertiary/aromatic N) is 8. The molecule has 0 spiro atoms. The first-order chi connectivity index (χ1) is 18.7. The second-order valence-electron chi connectivity index (χ2n) is 9.69. The molecule has 5 rings (SSSR count). The molecule has 1 atom stereocenters. The third kappa shape index (κ3) is 5.07. The van der Waals surface area contributed by atoms with Crippen LogP contribution >= 0.6 is 0 Å². The van der Waals surface area contributed by atoms with Crippen LogP contribution in [0.15, 0.2) is 54.0 Å². The molecule has 39 heavy (non-hydrogen) atoms. The van der Waals surface area contributed by atoms with Crippen molar-refractivity contribution < 1.29 is 22.7 Å². The Morgan fingerprint density at radius 2 is 1.74 bits per heavy atom. The molecule has 1 fully saturated rings. The molecule has 0 aliphatic heterocycles. The van der Waals surface area contributed by atoms with E-state index in [1.165, 1.54) is 28.1 Å². The zero-order chi connectivity index (χ0) is 27.6. The van der Waals surface area contributed by atoms with Crippen molar-refractivity contribution >= 4 is 0 Å². The largest absolute Gasteiger partial charge is 0.377 e. The number of hydrogen-bond acceptors (Lipinski definition) is 7. The first-order valence-corrected chi connectivity index (χ1v) is 12.6. The van der Waals surface area contributed by atoms with E-state index in [9.17, 15) is 18.7 Å². The van der Waals surface area contributed by atoms with Crippen molar-refractivity contribution in [2.24, 2.45) is 0 Å². The molecule has 0 saturated heterocycles. The lowest BCUT2D eigenvalue weighted by Crippen LogP contribution is -2.48. The maximum absolute atomic E-state index is 16.0. The Labute approximate surface area is 219 Å².